The summed E-state index contributed by atoms with van der Waals surface area (Å²) in [6, 6.07) is 14.0. The molecule has 1 fully saturated rings. The smallest absolute Gasteiger partial charge is 0.319 e. The van der Waals surface area contributed by atoms with Gasteiger partial charge in [-0.2, -0.15) is 0 Å². The summed E-state index contributed by atoms with van der Waals surface area (Å²) < 4.78 is 5.39. The summed E-state index contributed by atoms with van der Waals surface area (Å²) >= 11 is 0. The SMILES string of the molecule is CC(C)(C)OC(=O)Cc1cccc(NC(=O)N[C@@H]2CN(C3CCCCC3)c3ccccc3NC2=O)c1. The quantitative estimate of drug-likeness (QED) is 0.518. The van der Waals surface area contributed by atoms with Crippen molar-refractivity contribution in [2.75, 3.05) is 22.1 Å². The first-order valence-electron chi connectivity index (χ1n) is 12.7. The largest absolute Gasteiger partial charge is 0.460 e. The number of urea groups is 1. The van der Waals surface area contributed by atoms with Gasteiger partial charge in [-0.3, -0.25) is 9.59 Å². The van der Waals surface area contributed by atoms with Gasteiger partial charge in [0.25, 0.3) is 0 Å². The summed E-state index contributed by atoms with van der Waals surface area (Å²) in [7, 11) is 0. The van der Waals surface area contributed by atoms with Crippen LogP contribution in [0.25, 0.3) is 0 Å². The molecule has 8 nitrogen and oxygen atoms in total. The van der Waals surface area contributed by atoms with Crippen molar-refractivity contribution in [3.8, 4) is 0 Å². The standard InChI is InChI=1S/C28H36N4O4/c1-28(2,3)36-25(33)17-19-10-9-11-20(16-19)29-27(35)31-23-18-32(21-12-5-4-6-13-21)24-15-8-7-14-22(24)30-26(23)34/h7-11,14-16,21,23H,4-6,12-13,17-18H2,1-3H3,(H,30,34)(H2,29,31,35)/t23-/m1/s1. The second-order valence-corrected chi connectivity index (χ2v) is 10.6. The zero-order valence-electron chi connectivity index (χ0n) is 21.3. The van der Waals surface area contributed by atoms with Crippen molar-refractivity contribution in [1.29, 1.82) is 0 Å². The van der Waals surface area contributed by atoms with Gasteiger partial charge in [0.05, 0.1) is 17.8 Å². The number of nitrogens with one attached hydrogen (secondary N) is 3. The highest BCUT2D eigenvalue weighted by Crippen LogP contribution is 2.34. The van der Waals surface area contributed by atoms with Crippen molar-refractivity contribution in [2.45, 2.75) is 77.0 Å². The van der Waals surface area contributed by atoms with Crippen molar-refractivity contribution in [1.82, 2.24) is 5.32 Å². The van der Waals surface area contributed by atoms with Gasteiger partial charge in [0.15, 0.2) is 0 Å². The van der Waals surface area contributed by atoms with E-state index in [2.05, 4.69) is 20.9 Å². The van der Waals surface area contributed by atoms with Gasteiger partial charge in [0.2, 0.25) is 5.91 Å². The van der Waals surface area contributed by atoms with E-state index in [-0.39, 0.29) is 18.3 Å². The number of para-hydroxylation sites is 2. The van der Waals surface area contributed by atoms with E-state index in [4.69, 9.17) is 4.74 Å². The Morgan fingerprint density at radius 1 is 1.06 bits per heavy atom. The molecule has 0 saturated heterocycles. The minimum atomic E-state index is -0.718. The van der Waals surface area contributed by atoms with Crippen LogP contribution in [0.4, 0.5) is 21.9 Å². The van der Waals surface area contributed by atoms with Crippen LogP contribution in [0.2, 0.25) is 0 Å². The van der Waals surface area contributed by atoms with Gasteiger partial charge < -0.3 is 25.6 Å². The zero-order valence-corrected chi connectivity index (χ0v) is 21.3. The van der Waals surface area contributed by atoms with Gasteiger partial charge in [0.1, 0.15) is 11.6 Å². The fourth-order valence-corrected chi connectivity index (χ4v) is 4.91. The van der Waals surface area contributed by atoms with Gasteiger partial charge in [-0.25, -0.2) is 4.79 Å². The van der Waals surface area contributed by atoms with E-state index in [1.165, 1.54) is 19.3 Å². The number of rotatable bonds is 5. The molecule has 2 aromatic carbocycles. The van der Waals surface area contributed by atoms with Crippen molar-refractivity contribution in [3.05, 3.63) is 54.1 Å². The lowest BCUT2D eigenvalue weighted by molar-refractivity contribution is -0.153. The molecule has 4 rings (SSSR count). The molecule has 192 valence electrons. The molecular weight excluding hydrogens is 456 g/mol. The van der Waals surface area contributed by atoms with E-state index in [9.17, 15) is 14.4 Å². The lowest BCUT2D eigenvalue weighted by atomic mass is 9.93. The number of hydrogen-bond donors (Lipinski definition) is 3. The van der Waals surface area contributed by atoms with E-state index >= 15 is 0 Å². The van der Waals surface area contributed by atoms with E-state index in [0.29, 0.717) is 18.3 Å². The average molecular weight is 493 g/mol. The van der Waals surface area contributed by atoms with Crippen molar-refractivity contribution in [2.24, 2.45) is 0 Å². The third kappa shape index (κ3) is 6.77. The number of amides is 3. The monoisotopic (exact) mass is 492 g/mol. The molecule has 8 heteroatoms. The third-order valence-electron chi connectivity index (χ3n) is 6.44. The molecule has 0 unspecified atom stereocenters. The summed E-state index contributed by atoms with van der Waals surface area (Å²) in [5.41, 5.74) is 2.48. The predicted molar refractivity (Wildman–Crippen MR) is 141 cm³/mol. The number of fused-ring (bicyclic) bond motifs is 1. The Balaban J connectivity index is 1.43. The first-order chi connectivity index (χ1) is 17.2. The molecule has 0 bridgehead atoms. The number of carbonyl (C=O) groups is 3. The number of carbonyl (C=O) groups excluding carboxylic acids is 3. The van der Waals surface area contributed by atoms with Crippen LogP contribution in [0.15, 0.2) is 48.5 Å². The van der Waals surface area contributed by atoms with Crippen LogP contribution in [0.3, 0.4) is 0 Å². The van der Waals surface area contributed by atoms with Crippen LogP contribution in [0.5, 0.6) is 0 Å². The van der Waals surface area contributed by atoms with E-state index < -0.39 is 17.7 Å². The summed E-state index contributed by atoms with van der Waals surface area (Å²) in [6.45, 7) is 5.87. The number of anilines is 3. The molecule has 3 N–H and O–H groups in total. The van der Waals surface area contributed by atoms with E-state index in [0.717, 1.165) is 29.8 Å². The molecule has 36 heavy (non-hydrogen) atoms. The third-order valence-corrected chi connectivity index (χ3v) is 6.44. The van der Waals surface area contributed by atoms with Gasteiger partial charge in [-0.1, -0.05) is 43.5 Å². The van der Waals surface area contributed by atoms with Crippen LogP contribution < -0.4 is 20.9 Å². The van der Waals surface area contributed by atoms with Crippen molar-refractivity contribution < 1.29 is 19.1 Å². The first kappa shape index (κ1) is 25.5. The summed E-state index contributed by atoms with van der Waals surface area (Å²) in [6.07, 6.45) is 5.83. The lowest BCUT2D eigenvalue weighted by Crippen LogP contribution is -2.52. The highest BCUT2D eigenvalue weighted by atomic mass is 16.6. The topological polar surface area (TPSA) is 99.8 Å². The molecule has 0 spiro atoms. The van der Waals surface area contributed by atoms with E-state index in [1.807, 2.05) is 51.1 Å². The van der Waals surface area contributed by atoms with Crippen molar-refractivity contribution in [3.63, 3.8) is 0 Å². The summed E-state index contributed by atoms with van der Waals surface area (Å²) in [4.78, 5) is 40.4. The Kier molecular flexibility index (Phi) is 7.82. The van der Waals surface area contributed by atoms with Gasteiger partial charge in [0, 0.05) is 18.3 Å². The van der Waals surface area contributed by atoms with Crippen molar-refractivity contribution >= 4 is 35.0 Å². The Bertz CT molecular complexity index is 1100. The number of nitrogens with zero attached hydrogens (tertiary/aromatic N) is 1. The lowest BCUT2D eigenvalue weighted by Gasteiger charge is -2.37. The van der Waals surface area contributed by atoms with Gasteiger partial charge in [-0.05, 0) is 63.4 Å². The first-order valence-corrected chi connectivity index (χ1v) is 12.7. The summed E-state index contributed by atoms with van der Waals surface area (Å²) in [5, 5.41) is 8.65. The van der Waals surface area contributed by atoms with Crippen LogP contribution in [0.1, 0.15) is 58.4 Å². The second-order valence-electron chi connectivity index (χ2n) is 10.6. The van der Waals surface area contributed by atoms with Crippen LogP contribution in [0, 0.1) is 0 Å². The fraction of sp³-hybridized carbons (Fsp3) is 0.464. The molecule has 0 aromatic heterocycles. The number of benzene rings is 2. The molecule has 2 aliphatic rings. The maximum absolute atomic E-state index is 13.1. The van der Waals surface area contributed by atoms with Crippen LogP contribution in [-0.2, 0) is 20.7 Å². The molecule has 3 amide bonds. The van der Waals surface area contributed by atoms with E-state index in [1.54, 1.807) is 18.2 Å². The predicted octanol–water partition coefficient (Wildman–Crippen LogP) is 4.85. The maximum atomic E-state index is 13.1. The molecular formula is C28H36N4O4. The fourth-order valence-electron chi connectivity index (χ4n) is 4.91. The Morgan fingerprint density at radius 3 is 2.56 bits per heavy atom. The minimum Gasteiger partial charge on any atom is -0.460 e. The molecule has 1 saturated carbocycles. The van der Waals surface area contributed by atoms with Gasteiger partial charge >= 0.3 is 12.0 Å². The normalized spacial score (nSPS) is 18.5. The summed E-state index contributed by atoms with van der Waals surface area (Å²) in [5.74, 6) is -0.573. The molecule has 2 aromatic rings. The molecule has 1 aliphatic carbocycles. The maximum Gasteiger partial charge on any atom is 0.319 e. The zero-order chi connectivity index (χ0) is 25.7. The molecule has 0 radical (unpaired) electrons. The number of hydrogen-bond acceptors (Lipinski definition) is 5. The molecule has 1 aliphatic heterocycles. The number of ether oxygens (including phenoxy) is 1. The van der Waals surface area contributed by atoms with Crippen LogP contribution in [-0.4, -0.2) is 42.1 Å². The van der Waals surface area contributed by atoms with Crippen LogP contribution >= 0.6 is 0 Å². The molecule has 1 atom stereocenters. The highest BCUT2D eigenvalue weighted by molar-refractivity contribution is 6.02. The molecule has 1 heterocycles. The second kappa shape index (κ2) is 11.0. The van der Waals surface area contributed by atoms with Gasteiger partial charge in [-0.15, -0.1) is 0 Å². The Labute approximate surface area is 212 Å². The minimum absolute atomic E-state index is 0.105. The highest BCUT2D eigenvalue weighted by Gasteiger charge is 2.33. The number of esters is 1. The Morgan fingerprint density at radius 2 is 1.81 bits per heavy atom. The Hall–Kier alpha value is -3.55. The average Bonchev–Trinajstić information content (AvgIpc) is 2.95.